The molecule has 170 valence electrons. The van der Waals surface area contributed by atoms with E-state index in [4.69, 9.17) is 9.47 Å². The van der Waals surface area contributed by atoms with Gasteiger partial charge in [0, 0.05) is 58.2 Å². The molecule has 2 aromatic rings. The summed E-state index contributed by atoms with van der Waals surface area (Å²) in [6, 6.07) is 10.1. The fraction of sp³-hybridized carbons (Fsp3) is 0.542. The minimum atomic E-state index is -0.532. The molecule has 31 heavy (non-hydrogen) atoms. The second kappa shape index (κ2) is 12.0. The Morgan fingerprint density at radius 1 is 1.03 bits per heavy atom. The van der Waals surface area contributed by atoms with Gasteiger partial charge in [-0.15, -0.1) is 0 Å². The molecule has 0 radical (unpaired) electrons. The van der Waals surface area contributed by atoms with Crippen molar-refractivity contribution in [3.8, 4) is 11.5 Å². The quantitative estimate of drug-likeness (QED) is 0.588. The Labute approximate surface area is 186 Å². The lowest BCUT2D eigenvalue weighted by Crippen LogP contribution is -2.47. The molecule has 1 aromatic carbocycles. The molecule has 7 heteroatoms. The van der Waals surface area contributed by atoms with Gasteiger partial charge in [0.2, 0.25) is 0 Å². The third kappa shape index (κ3) is 7.47. The van der Waals surface area contributed by atoms with Gasteiger partial charge in [-0.25, -0.2) is 0 Å². The maximum Gasteiger partial charge on any atom is 0.161 e. The highest BCUT2D eigenvalue weighted by Gasteiger charge is 2.18. The lowest BCUT2D eigenvalue weighted by Gasteiger charge is -2.33. The number of likely N-dealkylation sites (N-methyl/N-ethyl adjacent to an activating group) is 1. The molecule has 0 aliphatic carbocycles. The molecular formula is C24H36N4O3. The van der Waals surface area contributed by atoms with Crippen LogP contribution < -0.4 is 9.47 Å². The van der Waals surface area contributed by atoms with Crippen molar-refractivity contribution < 1.29 is 14.6 Å². The molecule has 1 fully saturated rings. The zero-order chi connectivity index (χ0) is 22.1. The van der Waals surface area contributed by atoms with E-state index in [1.807, 2.05) is 36.7 Å². The van der Waals surface area contributed by atoms with Crippen LogP contribution in [0.1, 0.15) is 18.1 Å². The zero-order valence-corrected chi connectivity index (χ0v) is 19.0. The van der Waals surface area contributed by atoms with Gasteiger partial charge in [0.15, 0.2) is 11.5 Å². The molecule has 0 bridgehead atoms. The Bertz CT molecular complexity index is 782. The SMILES string of the molecule is CCN(Cc1ccncc1)Cc1ccc(OC)c(OC[C@@H](O)CN2CCN(C)CC2)c1. The first-order valence-corrected chi connectivity index (χ1v) is 11.1. The predicted molar refractivity (Wildman–Crippen MR) is 122 cm³/mol. The third-order valence-electron chi connectivity index (χ3n) is 5.73. The summed E-state index contributed by atoms with van der Waals surface area (Å²) in [5.41, 5.74) is 2.40. The number of piperazine rings is 1. The molecular weight excluding hydrogens is 392 g/mol. The molecule has 7 nitrogen and oxygen atoms in total. The van der Waals surface area contributed by atoms with Crippen LogP contribution in [0.2, 0.25) is 0 Å². The summed E-state index contributed by atoms with van der Waals surface area (Å²) in [6.07, 6.45) is 3.13. The van der Waals surface area contributed by atoms with E-state index in [-0.39, 0.29) is 6.61 Å². The number of β-amino-alcohol motifs (C(OH)–C–C–N with tert-alkyl or cyclic N) is 1. The fourth-order valence-corrected chi connectivity index (χ4v) is 3.78. The van der Waals surface area contributed by atoms with Gasteiger partial charge in [-0.2, -0.15) is 0 Å². The number of aromatic nitrogens is 1. The maximum atomic E-state index is 10.5. The van der Waals surface area contributed by atoms with Gasteiger partial charge in [0.25, 0.3) is 0 Å². The Hall–Kier alpha value is -2.19. The number of rotatable bonds is 11. The number of hydrogen-bond donors (Lipinski definition) is 1. The fourth-order valence-electron chi connectivity index (χ4n) is 3.78. The average molecular weight is 429 g/mol. The average Bonchev–Trinajstić information content (AvgIpc) is 2.79. The highest BCUT2D eigenvalue weighted by molar-refractivity contribution is 5.43. The van der Waals surface area contributed by atoms with E-state index in [1.165, 1.54) is 5.56 Å². The summed E-state index contributed by atoms with van der Waals surface area (Å²) in [4.78, 5) is 11.1. The minimum absolute atomic E-state index is 0.251. The minimum Gasteiger partial charge on any atom is -0.493 e. The van der Waals surface area contributed by atoms with Crippen LogP contribution in [0.25, 0.3) is 0 Å². The number of nitrogens with zero attached hydrogens (tertiary/aromatic N) is 4. The molecule has 0 amide bonds. The Balaban J connectivity index is 1.56. The van der Waals surface area contributed by atoms with Gasteiger partial charge in [-0.1, -0.05) is 13.0 Å². The maximum absolute atomic E-state index is 10.5. The second-order valence-electron chi connectivity index (χ2n) is 8.21. The monoisotopic (exact) mass is 428 g/mol. The van der Waals surface area contributed by atoms with E-state index in [2.05, 4.69) is 39.7 Å². The topological polar surface area (TPSA) is 61.3 Å². The zero-order valence-electron chi connectivity index (χ0n) is 19.0. The Kier molecular flexibility index (Phi) is 9.09. The van der Waals surface area contributed by atoms with E-state index in [0.717, 1.165) is 51.4 Å². The molecule has 0 spiro atoms. The molecule has 0 saturated carbocycles. The van der Waals surface area contributed by atoms with Crippen LogP contribution >= 0.6 is 0 Å². The van der Waals surface area contributed by atoms with Gasteiger partial charge in [0.1, 0.15) is 12.7 Å². The van der Waals surface area contributed by atoms with Crippen LogP contribution in [-0.4, -0.2) is 90.9 Å². The number of pyridine rings is 1. The number of benzene rings is 1. The molecule has 1 saturated heterocycles. The first kappa shape index (κ1) is 23.5. The molecule has 2 heterocycles. The third-order valence-corrected chi connectivity index (χ3v) is 5.73. The number of aliphatic hydroxyl groups excluding tert-OH is 1. The van der Waals surface area contributed by atoms with Crippen molar-refractivity contribution in [1.29, 1.82) is 0 Å². The van der Waals surface area contributed by atoms with E-state index >= 15 is 0 Å². The molecule has 1 N–H and O–H groups in total. The van der Waals surface area contributed by atoms with Crippen molar-refractivity contribution in [2.45, 2.75) is 26.1 Å². The van der Waals surface area contributed by atoms with E-state index < -0.39 is 6.10 Å². The van der Waals surface area contributed by atoms with Gasteiger partial charge >= 0.3 is 0 Å². The second-order valence-corrected chi connectivity index (χ2v) is 8.21. The first-order valence-electron chi connectivity index (χ1n) is 11.1. The Morgan fingerprint density at radius 2 is 1.74 bits per heavy atom. The number of hydrogen-bond acceptors (Lipinski definition) is 7. The van der Waals surface area contributed by atoms with Crippen molar-refractivity contribution in [2.24, 2.45) is 0 Å². The highest BCUT2D eigenvalue weighted by atomic mass is 16.5. The highest BCUT2D eigenvalue weighted by Crippen LogP contribution is 2.29. The van der Waals surface area contributed by atoms with Crippen LogP contribution in [0.4, 0.5) is 0 Å². The van der Waals surface area contributed by atoms with Crippen LogP contribution in [0, 0.1) is 0 Å². The molecule has 3 rings (SSSR count). The summed E-state index contributed by atoms with van der Waals surface area (Å²) in [5.74, 6) is 1.37. The molecule has 1 aliphatic rings. The smallest absolute Gasteiger partial charge is 0.161 e. The van der Waals surface area contributed by atoms with Gasteiger partial charge in [-0.05, 0) is 49.0 Å². The van der Waals surface area contributed by atoms with Crippen molar-refractivity contribution in [3.05, 3.63) is 53.9 Å². The normalized spacial score (nSPS) is 16.4. The first-order chi connectivity index (χ1) is 15.1. The number of methoxy groups -OCH3 is 1. The summed E-state index contributed by atoms with van der Waals surface area (Å²) >= 11 is 0. The lowest BCUT2D eigenvalue weighted by atomic mass is 10.1. The Morgan fingerprint density at radius 3 is 2.42 bits per heavy atom. The standard InChI is InChI=1S/C24H36N4O3/c1-4-27(16-20-7-9-25-10-8-20)17-21-5-6-23(30-3)24(15-21)31-19-22(29)18-28-13-11-26(2)12-14-28/h5-10,15,22,29H,4,11-14,16-19H2,1-3H3/t22-/m0/s1. The van der Waals surface area contributed by atoms with Crippen LogP contribution in [0.15, 0.2) is 42.7 Å². The van der Waals surface area contributed by atoms with Crippen molar-refractivity contribution in [1.82, 2.24) is 19.7 Å². The van der Waals surface area contributed by atoms with Crippen molar-refractivity contribution in [2.75, 3.05) is 60.0 Å². The predicted octanol–water partition coefficient (Wildman–Crippen LogP) is 2.10. The molecule has 0 unspecified atom stereocenters. The van der Waals surface area contributed by atoms with Crippen LogP contribution in [-0.2, 0) is 13.1 Å². The number of ether oxygens (including phenoxy) is 2. The van der Waals surface area contributed by atoms with E-state index in [0.29, 0.717) is 18.0 Å². The van der Waals surface area contributed by atoms with E-state index in [9.17, 15) is 5.11 Å². The number of aliphatic hydroxyl groups is 1. The largest absolute Gasteiger partial charge is 0.493 e. The molecule has 1 aromatic heterocycles. The van der Waals surface area contributed by atoms with Crippen LogP contribution in [0.3, 0.4) is 0 Å². The van der Waals surface area contributed by atoms with Crippen molar-refractivity contribution in [3.63, 3.8) is 0 Å². The summed E-state index contributed by atoms with van der Waals surface area (Å²) in [6.45, 7) is 9.70. The lowest BCUT2D eigenvalue weighted by molar-refractivity contribution is 0.0497. The van der Waals surface area contributed by atoms with E-state index in [1.54, 1.807) is 7.11 Å². The van der Waals surface area contributed by atoms with Crippen molar-refractivity contribution >= 4 is 0 Å². The molecule has 1 aliphatic heterocycles. The van der Waals surface area contributed by atoms with Gasteiger partial charge in [0.05, 0.1) is 7.11 Å². The van der Waals surface area contributed by atoms with Gasteiger partial charge < -0.3 is 19.5 Å². The van der Waals surface area contributed by atoms with Crippen LogP contribution in [0.5, 0.6) is 11.5 Å². The summed E-state index contributed by atoms with van der Waals surface area (Å²) in [7, 11) is 3.77. The molecule has 1 atom stereocenters. The van der Waals surface area contributed by atoms with Gasteiger partial charge in [-0.3, -0.25) is 14.8 Å². The summed E-state index contributed by atoms with van der Waals surface area (Å²) < 4.78 is 11.5. The summed E-state index contributed by atoms with van der Waals surface area (Å²) in [5, 5.41) is 10.5.